The Morgan fingerprint density at radius 3 is 2.60 bits per heavy atom. The Morgan fingerprint density at radius 1 is 1.16 bits per heavy atom. The standard InChI is InChI=1S/C18H19ClN2O3S/c1-2-23-10-11-24-16-8-6-15(7-9-16)20-18(25)21-17(22)13-4-3-5-14(19)12-13/h3-9,12H,2,10-11H2,1H3,(H2,20,21,22,25). The Bertz CT molecular complexity index is 723. The van der Waals surface area contributed by atoms with Crippen LogP contribution in [-0.4, -0.2) is 30.8 Å². The molecule has 0 saturated carbocycles. The number of carbonyl (C=O) groups excluding carboxylic acids is 1. The molecule has 5 nitrogen and oxygen atoms in total. The van der Waals surface area contributed by atoms with E-state index >= 15 is 0 Å². The van der Waals surface area contributed by atoms with E-state index in [4.69, 9.17) is 33.3 Å². The van der Waals surface area contributed by atoms with Gasteiger partial charge in [0.2, 0.25) is 0 Å². The molecule has 0 aliphatic heterocycles. The summed E-state index contributed by atoms with van der Waals surface area (Å²) in [5.41, 5.74) is 1.18. The molecule has 25 heavy (non-hydrogen) atoms. The van der Waals surface area contributed by atoms with Gasteiger partial charge >= 0.3 is 0 Å². The molecule has 0 unspecified atom stereocenters. The number of benzene rings is 2. The maximum Gasteiger partial charge on any atom is 0.257 e. The molecule has 7 heteroatoms. The van der Waals surface area contributed by atoms with Crippen LogP contribution in [0.4, 0.5) is 5.69 Å². The predicted octanol–water partition coefficient (Wildman–Crippen LogP) is 3.88. The Labute approximate surface area is 157 Å². The van der Waals surface area contributed by atoms with E-state index in [1.807, 2.05) is 31.2 Å². The van der Waals surface area contributed by atoms with E-state index in [9.17, 15) is 4.79 Å². The van der Waals surface area contributed by atoms with Gasteiger partial charge in [-0.15, -0.1) is 0 Å². The Balaban J connectivity index is 1.83. The average molecular weight is 379 g/mol. The summed E-state index contributed by atoms with van der Waals surface area (Å²) < 4.78 is 10.7. The van der Waals surface area contributed by atoms with Crippen LogP contribution < -0.4 is 15.4 Å². The maximum absolute atomic E-state index is 12.1. The van der Waals surface area contributed by atoms with Crippen LogP contribution in [0, 0.1) is 0 Å². The fourth-order valence-corrected chi connectivity index (χ4v) is 2.37. The van der Waals surface area contributed by atoms with Crippen molar-refractivity contribution in [3.05, 3.63) is 59.1 Å². The summed E-state index contributed by atoms with van der Waals surface area (Å²) in [7, 11) is 0. The minimum Gasteiger partial charge on any atom is -0.491 e. The molecule has 0 aliphatic carbocycles. The highest BCUT2D eigenvalue weighted by Crippen LogP contribution is 2.16. The van der Waals surface area contributed by atoms with Crippen LogP contribution in [0.15, 0.2) is 48.5 Å². The lowest BCUT2D eigenvalue weighted by atomic mass is 10.2. The van der Waals surface area contributed by atoms with Gasteiger partial charge in [0.1, 0.15) is 12.4 Å². The van der Waals surface area contributed by atoms with Crippen molar-refractivity contribution < 1.29 is 14.3 Å². The molecule has 0 atom stereocenters. The minimum absolute atomic E-state index is 0.204. The molecule has 0 aliphatic rings. The molecule has 0 heterocycles. The third-order valence-corrected chi connectivity index (χ3v) is 3.57. The highest BCUT2D eigenvalue weighted by Gasteiger charge is 2.08. The lowest BCUT2D eigenvalue weighted by Crippen LogP contribution is -2.34. The second-order valence-electron chi connectivity index (χ2n) is 4.99. The van der Waals surface area contributed by atoms with Gasteiger partial charge in [-0.1, -0.05) is 17.7 Å². The van der Waals surface area contributed by atoms with Gasteiger partial charge in [0, 0.05) is 22.9 Å². The molecule has 132 valence electrons. The number of halogens is 1. The number of carbonyl (C=O) groups is 1. The molecule has 0 saturated heterocycles. The third kappa shape index (κ3) is 6.70. The monoisotopic (exact) mass is 378 g/mol. The van der Waals surface area contributed by atoms with Crippen LogP contribution in [0.25, 0.3) is 0 Å². The molecule has 0 aromatic heterocycles. The minimum atomic E-state index is -0.323. The first-order valence-corrected chi connectivity index (χ1v) is 8.55. The SMILES string of the molecule is CCOCCOc1ccc(NC(=S)NC(=O)c2cccc(Cl)c2)cc1. The highest BCUT2D eigenvalue weighted by atomic mass is 35.5. The second kappa shape index (κ2) is 9.98. The van der Waals surface area contributed by atoms with Gasteiger partial charge < -0.3 is 14.8 Å². The molecular formula is C18H19ClN2O3S. The third-order valence-electron chi connectivity index (χ3n) is 3.13. The number of amides is 1. The van der Waals surface area contributed by atoms with Crippen LogP contribution in [0.5, 0.6) is 5.75 Å². The van der Waals surface area contributed by atoms with E-state index in [1.54, 1.807) is 24.3 Å². The van der Waals surface area contributed by atoms with Crippen molar-refractivity contribution in [2.24, 2.45) is 0 Å². The maximum atomic E-state index is 12.1. The fraction of sp³-hybridized carbons (Fsp3) is 0.222. The van der Waals surface area contributed by atoms with E-state index in [1.165, 1.54) is 0 Å². The van der Waals surface area contributed by atoms with E-state index in [0.717, 1.165) is 11.4 Å². The summed E-state index contributed by atoms with van der Waals surface area (Å²) in [5, 5.41) is 6.25. The largest absolute Gasteiger partial charge is 0.491 e. The van der Waals surface area contributed by atoms with Crippen molar-refractivity contribution >= 4 is 40.5 Å². The normalized spacial score (nSPS) is 10.2. The number of anilines is 1. The van der Waals surface area contributed by atoms with E-state index < -0.39 is 0 Å². The number of ether oxygens (including phenoxy) is 2. The number of hydrogen-bond acceptors (Lipinski definition) is 4. The Morgan fingerprint density at radius 2 is 1.92 bits per heavy atom. The topological polar surface area (TPSA) is 59.6 Å². The summed E-state index contributed by atoms with van der Waals surface area (Å²) in [5.74, 6) is 0.412. The van der Waals surface area contributed by atoms with Crippen molar-refractivity contribution in [1.29, 1.82) is 0 Å². The van der Waals surface area contributed by atoms with E-state index in [-0.39, 0.29) is 11.0 Å². The van der Waals surface area contributed by atoms with Crippen LogP contribution in [0.1, 0.15) is 17.3 Å². The molecule has 0 bridgehead atoms. The van der Waals surface area contributed by atoms with Gasteiger partial charge in [0.25, 0.3) is 5.91 Å². The molecule has 2 aromatic carbocycles. The van der Waals surface area contributed by atoms with Gasteiger partial charge in [-0.3, -0.25) is 10.1 Å². The highest BCUT2D eigenvalue weighted by molar-refractivity contribution is 7.80. The summed E-state index contributed by atoms with van der Waals surface area (Å²) in [6.07, 6.45) is 0. The van der Waals surface area contributed by atoms with Crippen molar-refractivity contribution in [3.63, 3.8) is 0 Å². The molecule has 0 radical (unpaired) electrons. The van der Waals surface area contributed by atoms with Crippen LogP contribution in [0.2, 0.25) is 5.02 Å². The van der Waals surface area contributed by atoms with Crippen LogP contribution >= 0.6 is 23.8 Å². The van der Waals surface area contributed by atoms with E-state index in [0.29, 0.717) is 30.4 Å². The second-order valence-corrected chi connectivity index (χ2v) is 5.83. The Kier molecular flexibility index (Phi) is 7.66. The molecule has 2 N–H and O–H groups in total. The lowest BCUT2D eigenvalue weighted by molar-refractivity contribution is 0.0977. The molecule has 1 amide bonds. The first kappa shape index (κ1) is 19.2. The average Bonchev–Trinajstić information content (AvgIpc) is 2.60. The van der Waals surface area contributed by atoms with Crippen molar-refractivity contribution in [3.8, 4) is 5.75 Å². The first-order chi connectivity index (χ1) is 12.1. The van der Waals surface area contributed by atoms with E-state index in [2.05, 4.69) is 10.6 Å². The number of nitrogens with one attached hydrogen (secondary N) is 2. The van der Waals surface area contributed by atoms with Crippen molar-refractivity contribution in [2.45, 2.75) is 6.92 Å². The molecule has 2 rings (SSSR count). The number of hydrogen-bond donors (Lipinski definition) is 2. The summed E-state index contributed by atoms with van der Waals surface area (Å²) in [6, 6.07) is 13.9. The predicted molar refractivity (Wildman–Crippen MR) is 104 cm³/mol. The molecule has 2 aromatic rings. The summed E-state index contributed by atoms with van der Waals surface area (Å²) in [4.78, 5) is 12.1. The lowest BCUT2D eigenvalue weighted by Gasteiger charge is -2.11. The number of thiocarbonyl (C=S) groups is 1. The van der Waals surface area contributed by atoms with Crippen molar-refractivity contribution in [2.75, 3.05) is 25.1 Å². The molecule has 0 spiro atoms. The van der Waals surface area contributed by atoms with Crippen LogP contribution in [-0.2, 0) is 4.74 Å². The van der Waals surface area contributed by atoms with Gasteiger partial charge in [-0.25, -0.2) is 0 Å². The van der Waals surface area contributed by atoms with Gasteiger partial charge in [-0.05, 0) is 61.6 Å². The fourth-order valence-electron chi connectivity index (χ4n) is 1.96. The number of rotatable bonds is 7. The zero-order valence-electron chi connectivity index (χ0n) is 13.8. The summed E-state index contributed by atoms with van der Waals surface area (Å²) in [6.45, 7) is 3.66. The zero-order valence-corrected chi connectivity index (χ0v) is 15.3. The molecule has 0 fully saturated rings. The quantitative estimate of drug-likeness (QED) is 0.565. The first-order valence-electron chi connectivity index (χ1n) is 7.77. The smallest absolute Gasteiger partial charge is 0.257 e. The van der Waals surface area contributed by atoms with Crippen molar-refractivity contribution in [1.82, 2.24) is 5.32 Å². The van der Waals surface area contributed by atoms with Gasteiger partial charge in [0.05, 0.1) is 6.61 Å². The Hall–Kier alpha value is -2.15. The van der Waals surface area contributed by atoms with Crippen LogP contribution in [0.3, 0.4) is 0 Å². The van der Waals surface area contributed by atoms with Gasteiger partial charge in [0.15, 0.2) is 5.11 Å². The summed E-state index contributed by atoms with van der Waals surface area (Å²) >= 11 is 11.0. The zero-order chi connectivity index (χ0) is 18.1. The van der Waals surface area contributed by atoms with Gasteiger partial charge in [-0.2, -0.15) is 0 Å². The molecular weight excluding hydrogens is 360 g/mol.